The summed E-state index contributed by atoms with van der Waals surface area (Å²) in [4.78, 5) is 0. The van der Waals surface area contributed by atoms with Crippen LogP contribution in [0.1, 0.15) is 11.1 Å². The van der Waals surface area contributed by atoms with Gasteiger partial charge in [0.25, 0.3) is 0 Å². The molecular formula is C14H14O2. The molecule has 16 heavy (non-hydrogen) atoms. The van der Waals surface area contributed by atoms with E-state index < -0.39 is 0 Å². The summed E-state index contributed by atoms with van der Waals surface area (Å²) in [6.07, 6.45) is 0. The van der Waals surface area contributed by atoms with Gasteiger partial charge in [0, 0.05) is 0 Å². The summed E-state index contributed by atoms with van der Waals surface area (Å²) < 4.78 is 0. The summed E-state index contributed by atoms with van der Waals surface area (Å²) in [6.45, 7) is 4.10. The van der Waals surface area contributed by atoms with Crippen LogP contribution in [0.15, 0.2) is 36.4 Å². The van der Waals surface area contributed by atoms with Crippen molar-refractivity contribution >= 4 is 0 Å². The molecule has 0 saturated carbocycles. The van der Waals surface area contributed by atoms with Crippen molar-refractivity contribution < 1.29 is 10.2 Å². The summed E-state index contributed by atoms with van der Waals surface area (Å²) in [5, 5.41) is 18.7. The average molecular weight is 214 g/mol. The highest BCUT2D eigenvalue weighted by Gasteiger charge is 2.06. The number of phenolic OH excluding ortho intramolecular Hbond substituents is 2. The Morgan fingerprint density at radius 3 is 2.31 bits per heavy atom. The van der Waals surface area contributed by atoms with Gasteiger partial charge in [-0.15, -0.1) is 0 Å². The van der Waals surface area contributed by atoms with Crippen LogP contribution in [0.25, 0.3) is 11.1 Å². The number of aromatic hydroxyl groups is 2. The van der Waals surface area contributed by atoms with Gasteiger partial charge < -0.3 is 10.2 Å². The molecule has 2 N–H and O–H groups in total. The number of hydrogen-bond acceptors (Lipinski definition) is 2. The van der Waals surface area contributed by atoms with E-state index in [4.69, 9.17) is 0 Å². The van der Waals surface area contributed by atoms with Crippen LogP contribution in [-0.4, -0.2) is 10.2 Å². The van der Waals surface area contributed by atoms with E-state index in [1.165, 1.54) is 17.2 Å². The first kappa shape index (κ1) is 10.6. The third-order valence-electron chi connectivity index (χ3n) is 2.89. The molecule has 0 aliphatic rings. The zero-order valence-corrected chi connectivity index (χ0v) is 9.36. The Kier molecular flexibility index (Phi) is 2.57. The van der Waals surface area contributed by atoms with Gasteiger partial charge in [-0.1, -0.05) is 24.3 Å². The van der Waals surface area contributed by atoms with Gasteiger partial charge in [-0.2, -0.15) is 0 Å². The van der Waals surface area contributed by atoms with Crippen molar-refractivity contribution in [1.29, 1.82) is 0 Å². The summed E-state index contributed by atoms with van der Waals surface area (Å²) in [5.41, 5.74) is 4.39. The smallest absolute Gasteiger partial charge is 0.158 e. The quantitative estimate of drug-likeness (QED) is 0.714. The van der Waals surface area contributed by atoms with Crippen LogP contribution >= 0.6 is 0 Å². The molecule has 2 nitrogen and oxygen atoms in total. The van der Waals surface area contributed by atoms with Crippen LogP contribution in [0.5, 0.6) is 11.5 Å². The largest absolute Gasteiger partial charge is 0.504 e. The van der Waals surface area contributed by atoms with Crippen molar-refractivity contribution in [3.8, 4) is 22.6 Å². The molecule has 2 heteroatoms. The first-order chi connectivity index (χ1) is 7.59. The highest BCUT2D eigenvalue weighted by molar-refractivity contribution is 5.70. The molecule has 82 valence electrons. The van der Waals surface area contributed by atoms with Gasteiger partial charge >= 0.3 is 0 Å². The van der Waals surface area contributed by atoms with Gasteiger partial charge in [-0.05, 0) is 48.2 Å². The third kappa shape index (κ3) is 1.74. The molecule has 0 heterocycles. The van der Waals surface area contributed by atoms with E-state index in [1.54, 1.807) is 12.1 Å². The van der Waals surface area contributed by atoms with Gasteiger partial charge in [-0.3, -0.25) is 0 Å². The molecule has 0 radical (unpaired) electrons. The summed E-state index contributed by atoms with van der Waals surface area (Å²) in [6, 6.07) is 10.9. The van der Waals surface area contributed by atoms with Crippen molar-refractivity contribution in [2.45, 2.75) is 13.8 Å². The van der Waals surface area contributed by atoms with Gasteiger partial charge in [0.15, 0.2) is 11.5 Å². The molecule has 0 unspecified atom stereocenters. The zero-order valence-electron chi connectivity index (χ0n) is 9.36. The number of phenols is 2. The lowest BCUT2D eigenvalue weighted by Gasteiger charge is -2.09. The summed E-state index contributed by atoms with van der Waals surface area (Å²) >= 11 is 0. The lowest BCUT2D eigenvalue weighted by atomic mass is 9.97. The zero-order chi connectivity index (χ0) is 11.7. The van der Waals surface area contributed by atoms with E-state index in [-0.39, 0.29) is 11.5 Å². The van der Waals surface area contributed by atoms with Gasteiger partial charge in [-0.25, -0.2) is 0 Å². The second kappa shape index (κ2) is 3.89. The first-order valence-electron chi connectivity index (χ1n) is 5.18. The fourth-order valence-electron chi connectivity index (χ4n) is 1.75. The fourth-order valence-corrected chi connectivity index (χ4v) is 1.75. The Morgan fingerprint density at radius 2 is 1.62 bits per heavy atom. The monoisotopic (exact) mass is 214 g/mol. The SMILES string of the molecule is Cc1cccc(-c2ccc(O)c(O)c2)c1C. The maximum Gasteiger partial charge on any atom is 0.158 e. The number of rotatable bonds is 1. The van der Waals surface area contributed by atoms with Crippen LogP contribution < -0.4 is 0 Å². The van der Waals surface area contributed by atoms with Crippen molar-refractivity contribution in [3.63, 3.8) is 0 Å². The minimum absolute atomic E-state index is 0.0848. The fraction of sp³-hybridized carbons (Fsp3) is 0.143. The van der Waals surface area contributed by atoms with E-state index >= 15 is 0 Å². The van der Waals surface area contributed by atoms with Crippen LogP contribution in [0.4, 0.5) is 0 Å². The van der Waals surface area contributed by atoms with Crippen molar-refractivity contribution in [2.24, 2.45) is 0 Å². The van der Waals surface area contributed by atoms with E-state index in [0.717, 1.165) is 11.1 Å². The molecule has 0 amide bonds. The first-order valence-corrected chi connectivity index (χ1v) is 5.18. The lowest BCUT2D eigenvalue weighted by Crippen LogP contribution is -1.86. The van der Waals surface area contributed by atoms with E-state index in [2.05, 4.69) is 19.9 Å². The highest BCUT2D eigenvalue weighted by Crippen LogP contribution is 2.32. The van der Waals surface area contributed by atoms with E-state index in [1.807, 2.05) is 12.1 Å². The predicted octanol–water partition coefficient (Wildman–Crippen LogP) is 3.38. The number of aryl methyl sites for hydroxylation is 1. The molecule has 0 bridgehead atoms. The number of benzene rings is 2. The standard InChI is InChI=1S/C14H14O2/c1-9-4-3-5-12(10(9)2)11-6-7-13(15)14(16)8-11/h3-8,15-16H,1-2H3. The Labute approximate surface area is 94.8 Å². The molecular weight excluding hydrogens is 200 g/mol. The van der Waals surface area contributed by atoms with Crippen molar-refractivity contribution in [3.05, 3.63) is 47.5 Å². The van der Waals surface area contributed by atoms with Crippen LogP contribution in [-0.2, 0) is 0 Å². The maximum absolute atomic E-state index is 9.47. The second-order valence-electron chi connectivity index (χ2n) is 3.95. The molecule has 2 aromatic rings. The van der Waals surface area contributed by atoms with Crippen LogP contribution in [0, 0.1) is 13.8 Å². The van der Waals surface area contributed by atoms with Gasteiger partial charge in [0.2, 0.25) is 0 Å². The molecule has 0 aliphatic heterocycles. The second-order valence-corrected chi connectivity index (χ2v) is 3.95. The summed E-state index contributed by atoms with van der Waals surface area (Å²) in [7, 11) is 0. The predicted molar refractivity (Wildman–Crippen MR) is 64.7 cm³/mol. The minimum atomic E-state index is -0.0888. The third-order valence-corrected chi connectivity index (χ3v) is 2.89. The maximum atomic E-state index is 9.47. The Balaban J connectivity index is 2.59. The lowest BCUT2D eigenvalue weighted by molar-refractivity contribution is 0.404. The molecule has 2 rings (SSSR count). The molecule has 0 saturated heterocycles. The molecule has 2 aromatic carbocycles. The van der Waals surface area contributed by atoms with Crippen LogP contribution in [0.3, 0.4) is 0 Å². The normalized spacial score (nSPS) is 10.4. The Hall–Kier alpha value is -1.96. The highest BCUT2D eigenvalue weighted by atomic mass is 16.3. The summed E-state index contributed by atoms with van der Waals surface area (Å²) in [5.74, 6) is -0.174. The van der Waals surface area contributed by atoms with Crippen molar-refractivity contribution in [2.75, 3.05) is 0 Å². The molecule has 0 aromatic heterocycles. The average Bonchev–Trinajstić information content (AvgIpc) is 2.26. The van der Waals surface area contributed by atoms with Gasteiger partial charge in [0.1, 0.15) is 0 Å². The van der Waals surface area contributed by atoms with Gasteiger partial charge in [0.05, 0.1) is 0 Å². The Morgan fingerprint density at radius 1 is 0.875 bits per heavy atom. The minimum Gasteiger partial charge on any atom is -0.504 e. The molecule has 0 fully saturated rings. The molecule has 0 aliphatic carbocycles. The van der Waals surface area contributed by atoms with E-state index in [0.29, 0.717) is 0 Å². The topological polar surface area (TPSA) is 40.5 Å². The molecule has 0 atom stereocenters. The molecule has 0 spiro atoms. The van der Waals surface area contributed by atoms with Crippen LogP contribution in [0.2, 0.25) is 0 Å². The van der Waals surface area contributed by atoms with Crippen molar-refractivity contribution in [1.82, 2.24) is 0 Å². The van der Waals surface area contributed by atoms with E-state index in [9.17, 15) is 10.2 Å². The number of hydrogen-bond donors (Lipinski definition) is 2. The Bertz CT molecular complexity index is 530.